The number of amides is 1. The molecule has 2 aromatic rings. The Kier molecular flexibility index (Phi) is 7.12. The van der Waals surface area contributed by atoms with Crippen LogP contribution in [0.15, 0.2) is 30.6 Å². The van der Waals surface area contributed by atoms with Crippen molar-refractivity contribution in [3.05, 3.63) is 42.0 Å². The van der Waals surface area contributed by atoms with Gasteiger partial charge in [-0.2, -0.15) is 0 Å². The number of nitrogens with one attached hydrogen (secondary N) is 1. The number of carbonyl (C=O) groups is 1. The highest BCUT2D eigenvalue weighted by molar-refractivity contribution is 5.78. The van der Waals surface area contributed by atoms with Gasteiger partial charge in [-0.15, -0.1) is 0 Å². The lowest BCUT2D eigenvalue weighted by atomic mass is 9.92. The quantitative estimate of drug-likeness (QED) is 0.761. The van der Waals surface area contributed by atoms with Crippen LogP contribution >= 0.6 is 0 Å². The molecule has 1 saturated carbocycles. The van der Waals surface area contributed by atoms with E-state index in [0.29, 0.717) is 24.5 Å². The maximum Gasteiger partial charge on any atom is 0.236 e. The van der Waals surface area contributed by atoms with Gasteiger partial charge in [0.05, 0.1) is 6.54 Å². The van der Waals surface area contributed by atoms with E-state index in [4.69, 9.17) is 4.98 Å². The molecule has 0 bridgehead atoms. The molecule has 166 valence electrons. The number of nitrogens with zero attached hydrogens (tertiary/aromatic N) is 5. The van der Waals surface area contributed by atoms with E-state index >= 15 is 0 Å². The smallest absolute Gasteiger partial charge is 0.236 e. The fraction of sp³-hybridized carbons (Fsp3) is 0.583. The Bertz CT molecular complexity index is 860. The third kappa shape index (κ3) is 5.79. The minimum absolute atomic E-state index is 0.272. The largest absolute Gasteiger partial charge is 0.342 e. The van der Waals surface area contributed by atoms with E-state index in [1.54, 1.807) is 18.5 Å². The number of piperidine rings is 1. The number of anilines is 2. The van der Waals surface area contributed by atoms with Crippen LogP contribution in [0, 0.1) is 6.92 Å². The summed E-state index contributed by atoms with van der Waals surface area (Å²) in [5.74, 6) is 1.28. The molecule has 3 heterocycles. The number of aromatic nitrogens is 3. The molecule has 0 radical (unpaired) electrons. The van der Waals surface area contributed by atoms with Crippen LogP contribution in [0.4, 0.5) is 11.6 Å². The van der Waals surface area contributed by atoms with Crippen LogP contribution < -0.4 is 5.32 Å². The van der Waals surface area contributed by atoms with Crippen LogP contribution in [0.5, 0.6) is 0 Å². The van der Waals surface area contributed by atoms with Crippen LogP contribution in [0.3, 0.4) is 0 Å². The summed E-state index contributed by atoms with van der Waals surface area (Å²) in [4.78, 5) is 30.4. The van der Waals surface area contributed by atoms with Gasteiger partial charge in [0, 0.05) is 48.5 Å². The molecule has 7 nitrogen and oxygen atoms in total. The number of rotatable bonds is 6. The summed E-state index contributed by atoms with van der Waals surface area (Å²) in [6.45, 7) is 4.44. The number of hydrogen-bond acceptors (Lipinski definition) is 6. The van der Waals surface area contributed by atoms with Crippen molar-refractivity contribution >= 4 is 17.5 Å². The van der Waals surface area contributed by atoms with Gasteiger partial charge >= 0.3 is 0 Å². The van der Waals surface area contributed by atoms with Crippen molar-refractivity contribution < 1.29 is 4.79 Å². The zero-order valence-corrected chi connectivity index (χ0v) is 18.8. The van der Waals surface area contributed by atoms with Crippen LogP contribution in [-0.2, 0) is 4.79 Å². The average Bonchev–Trinajstić information content (AvgIpc) is 2.80. The van der Waals surface area contributed by atoms with Crippen molar-refractivity contribution in [1.29, 1.82) is 0 Å². The van der Waals surface area contributed by atoms with Crippen molar-refractivity contribution in [1.82, 2.24) is 24.8 Å². The van der Waals surface area contributed by atoms with E-state index in [2.05, 4.69) is 26.3 Å². The van der Waals surface area contributed by atoms with Crippen LogP contribution in [0.1, 0.15) is 62.3 Å². The Hall–Kier alpha value is -2.54. The van der Waals surface area contributed by atoms with Crippen LogP contribution in [-0.4, -0.2) is 63.4 Å². The summed E-state index contributed by atoms with van der Waals surface area (Å²) >= 11 is 0. The maximum absolute atomic E-state index is 12.8. The summed E-state index contributed by atoms with van der Waals surface area (Å²) in [6, 6.07) is 6.38. The van der Waals surface area contributed by atoms with Gasteiger partial charge in [0.1, 0.15) is 0 Å². The first kappa shape index (κ1) is 21.7. The Morgan fingerprint density at radius 1 is 1.10 bits per heavy atom. The molecular weight excluding hydrogens is 388 g/mol. The van der Waals surface area contributed by atoms with E-state index in [1.165, 1.54) is 19.3 Å². The lowest BCUT2D eigenvalue weighted by Gasteiger charge is -2.35. The van der Waals surface area contributed by atoms with Crippen LogP contribution in [0.25, 0.3) is 0 Å². The number of hydrogen-bond donors (Lipinski definition) is 1. The summed E-state index contributed by atoms with van der Waals surface area (Å²) in [5, 5.41) is 3.28. The minimum Gasteiger partial charge on any atom is -0.342 e. The third-order valence-corrected chi connectivity index (χ3v) is 6.68. The second kappa shape index (κ2) is 10.2. The molecule has 0 unspecified atom stereocenters. The Balaban J connectivity index is 1.31. The summed E-state index contributed by atoms with van der Waals surface area (Å²) in [6.07, 6.45) is 11.7. The fourth-order valence-corrected chi connectivity index (χ4v) is 4.83. The SMILES string of the molecule is Cc1cc(Nc2ncccn2)cc(C2CCN(CC(=O)N(C)C3CCCCC3)CC2)n1. The summed E-state index contributed by atoms with van der Waals surface area (Å²) in [7, 11) is 1.99. The maximum atomic E-state index is 12.8. The van der Waals surface area contributed by atoms with E-state index in [-0.39, 0.29) is 5.91 Å². The first-order valence-corrected chi connectivity index (χ1v) is 11.6. The number of likely N-dealkylation sites (tertiary alicyclic amines) is 1. The molecule has 1 aliphatic heterocycles. The van der Waals surface area contributed by atoms with E-state index < -0.39 is 0 Å². The molecule has 7 heteroatoms. The van der Waals surface area contributed by atoms with Crippen molar-refractivity contribution in [3.8, 4) is 0 Å². The highest BCUT2D eigenvalue weighted by Gasteiger charge is 2.27. The number of pyridine rings is 1. The predicted octanol–water partition coefficient (Wildman–Crippen LogP) is 3.89. The van der Waals surface area contributed by atoms with Gasteiger partial charge in [0.2, 0.25) is 11.9 Å². The van der Waals surface area contributed by atoms with Gasteiger partial charge in [-0.1, -0.05) is 19.3 Å². The standard InChI is InChI=1S/C24H34N6O/c1-18-15-20(28-24-25-11-6-12-26-24)16-22(27-18)19-9-13-30(14-10-19)17-23(31)29(2)21-7-4-3-5-8-21/h6,11-12,15-16,19,21H,3-5,7-10,13-14,17H2,1-2H3,(H,25,26,27,28). The molecule has 0 aromatic carbocycles. The van der Waals surface area contributed by atoms with Gasteiger partial charge < -0.3 is 10.2 Å². The molecule has 2 aromatic heterocycles. The molecule has 2 fully saturated rings. The molecule has 31 heavy (non-hydrogen) atoms. The zero-order valence-electron chi connectivity index (χ0n) is 18.8. The number of aryl methyl sites for hydroxylation is 1. The lowest BCUT2D eigenvalue weighted by Crippen LogP contribution is -2.45. The summed E-state index contributed by atoms with van der Waals surface area (Å²) < 4.78 is 0. The van der Waals surface area contributed by atoms with E-state index in [9.17, 15) is 4.79 Å². The highest BCUT2D eigenvalue weighted by atomic mass is 16.2. The first-order chi connectivity index (χ1) is 15.1. The number of likely N-dealkylation sites (N-methyl/N-ethyl adjacent to an activating group) is 1. The average molecular weight is 423 g/mol. The van der Waals surface area contributed by atoms with Crippen molar-refractivity contribution in [3.63, 3.8) is 0 Å². The zero-order chi connectivity index (χ0) is 21.6. The normalized spacial score (nSPS) is 18.6. The van der Waals surface area contributed by atoms with Gasteiger partial charge in [0.25, 0.3) is 0 Å². The first-order valence-electron chi connectivity index (χ1n) is 11.6. The molecule has 0 atom stereocenters. The molecule has 1 N–H and O–H groups in total. The molecule has 2 aliphatic rings. The second-order valence-electron chi connectivity index (χ2n) is 8.97. The van der Waals surface area contributed by atoms with Gasteiger partial charge in [-0.25, -0.2) is 9.97 Å². The second-order valence-corrected chi connectivity index (χ2v) is 8.97. The molecule has 1 amide bonds. The predicted molar refractivity (Wildman–Crippen MR) is 122 cm³/mol. The molecule has 4 rings (SSSR count). The lowest BCUT2D eigenvalue weighted by molar-refractivity contribution is -0.134. The highest BCUT2D eigenvalue weighted by Crippen LogP contribution is 2.29. The molecular formula is C24H34N6O. The topological polar surface area (TPSA) is 74.2 Å². The van der Waals surface area contributed by atoms with Gasteiger partial charge in [-0.3, -0.25) is 14.7 Å². The van der Waals surface area contributed by atoms with Crippen molar-refractivity contribution in [2.75, 3.05) is 32.0 Å². The van der Waals surface area contributed by atoms with Gasteiger partial charge in [0.15, 0.2) is 0 Å². The van der Waals surface area contributed by atoms with Gasteiger partial charge in [-0.05, 0) is 63.9 Å². The van der Waals surface area contributed by atoms with Crippen molar-refractivity contribution in [2.45, 2.75) is 63.8 Å². The third-order valence-electron chi connectivity index (χ3n) is 6.68. The van der Waals surface area contributed by atoms with Crippen LogP contribution in [0.2, 0.25) is 0 Å². The molecule has 1 aliphatic carbocycles. The monoisotopic (exact) mass is 422 g/mol. The minimum atomic E-state index is 0.272. The summed E-state index contributed by atoms with van der Waals surface area (Å²) in [5.41, 5.74) is 3.08. The Morgan fingerprint density at radius 3 is 2.52 bits per heavy atom. The molecule has 1 saturated heterocycles. The van der Waals surface area contributed by atoms with Crippen molar-refractivity contribution in [2.24, 2.45) is 0 Å². The molecule has 0 spiro atoms. The Labute approximate surface area is 185 Å². The van der Waals surface area contributed by atoms with E-state index in [1.807, 2.05) is 24.9 Å². The fourth-order valence-electron chi connectivity index (χ4n) is 4.83. The van der Waals surface area contributed by atoms with E-state index in [0.717, 1.165) is 55.8 Å². The Morgan fingerprint density at radius 2 is 1.81 bits per heavy atom. The number of carbonyl (C=O) groups excluding carboxylic acids is 1.